The Morgan fingerprint density at radius 3 is 2.68 bits per heavy atom. The SMILES string of the molecule is O=C(O)C1CCC(NS(=O)(=O)c2cc(Cl)c(Br)s2)C1. The fraction of sp³-hybridized carbons (Fsp3) is 0.500. The van der Waals surface area contributed by atoms with Crippen LogP contribution in [-0.4, -0.2) is 25.5 Å². The lowest BCUT2D eigenvalue weighted by atomic mass is 10.1. The van der Waals surface area contributed by atoms with Gasteiger partial charge in [-0.05, 0) is 41.3 Å². The van der Waals surface area contributed by atoms with Gasteiger partial charge in [-0.3, -0.25) is 4.79 Å². The molecular formula is C10H11BrClNO4S2. The molecular weight excluding hydrogens is 378 g/mol. The van der Waals surface area contributed by atoms with Crippen LogP contribution in [0.15, 0.2) is 14.1 Å². The summed E-state index contributed by atoms with van der Waals surface area (Å²) >= 11 is 10.0. The Morgan fingerprint density at radius 2 is 2.21 bits per heavy atom. The first-order chi connectivity index (χ1) is 8.79. The van der Waals surface area contributed by atoms with E-state index in [2.05, 4.69) is 20.7 Å². The maximum absolute atomic E-state index is 12.1. The molecule has 1 saturated carbocycles. The molecule has 0 amide bonds. The molecule has 0 bridgehead atoms. The van der Waals surface area contributed by atoms with E-state index in [9.17, 15) is 13.2 Å². The van der Waals surface area contributed by atoms with Gasteiger partial charge in [0.25, 0.3) is 0 Å². The molecule has 1 heterocycles. The van der Waals surface area contributed by atoms with Crippen LogP contribution in [0, 0.1) is 5.92 Å². The largest absolute Gasteiger partial charge is 0.481 e. The van der Waals surface area contributed by atoms with Crippen LogP contribution in [0.2, 0.25) is 5.02 Å². The van der Waals surface area contributed by atoms with Crippen molar-refractivity contribution >= 4 is 54.9 Å². The Balaban J connectivity index is 2.08. The van der Waals surface area contributed by atoms with Gasteiger partial charge in [0, 0.05) is 6.04 Å². The smallest absolute Gasteiger partial charge is 0.306 e. The number of rotatable bonds is 4. The molecule has 0 aliphatic heterocycles. The van der Waals surface area contributed by atoms with Gasteiger partial charge in [-0.1, -0.05) is 11.6 Å². The number of hydrogen-bond donors (Lipinski definition) is 2. The Labute approximate surface area is 128 Å². The third kappa shape index (κ3) is 3.49. The normalized spacial score (nSPS) is 23.7. The maximum Gasteiger partial charge on any atom is 0.306 e. The quantitative estimate of drug-likeness (QED) is 0.830. The maximum atomic E-state index is 12.1. The molecule has 2 unspecified atom stereocenters. The summed E-state index contributed by atoms with van der Waals surface area (Å²) in [6.45, 7) is 0. The van der Waals surface area contributed by atoms with E-state index in [1.54, 1.807) is 0 Å². The number of hydrogen-bond acceptors (Lipinski definition) is 4. The lowest BCUT2D eigenvalue weighted by Gasteiger charge is -2.11. The van der Waals surface area contributed by atoms with Crippen LogP contribution in [0.4, 0.5) is 0 Å². The monoisotopic (exact) mass is 387 g/mol. The molecule has 19 heavy (non-hydrogen) atoms. The van der Waals surface area contributed by atoms with E-state index >= 15 is 0 Å². The Bertz CT molecular complexity index is 581. The summed E-state index contributed by atoms with van der Waals surface area (Å²) in [5.74, 6) is -1.34. The second-order valence-electron chi connectivity index (χ2n) is 4.35. The minimum atomic E-state index is -3.63. The van der Waals surface area contributed by atoms with Crippen LogP contribution >= 0.6 is 38.9 Å². The Morgan fingerprint density at radius 1 is 1.53 bits per heavy atom. The Kier molecular flexibility index (Phi) is 4.56. The van der Waals surface area contributed by atoms with Crippen LogP contribution < -0.4 is 4.72 Å². The molecule has 2 N–H and O–H groups in total. The first-order valence-electron chi connectivity index (χ1n) is 5.49. The van der Waals surface area contributed by atoms with E-state index in [0.717, 1.165) is 11.3 Å². The van der Waals surface area contributed by atoms with E-state index in [-0.39, 0.29) is 10.3 Å². The van der Waals surface area contributed by atoms with Crippen molar-refractivity contribution in [3.8, 4) is 0 Å². The number of carboxylic acid groups (broad SMARTS) is 1. The minimum Gasteiger partial charge on any atom is -0.481 e. The predicted octanol–water partition coefficient (Wildman–Crippen LogP) is 2.70. The molecule has 2 atom stereocenters. The summed E-state index contributed by atoms with van der Waals surface area (Å²) in [7, 11) is -3.63. The van der Waals surface area contributed by atoms with Crippen LogP contribution in [0.25, 0.3) is 0 Å². The van der Waals surface area contributed by atoms with Gasteiger partial charge in [-0.15, -0.1) is 11.3 Å². The fourth-order valence-electron chi connectivity index (χ4n) is 2.05. The number of nitrogens with one attached hydrogen (secondary N) is 1. The molecule has 9 heteroatoms. The highest BCUT2D eigenvalue weighted by Gasteiger charge is 2.33. The standard InChI is InChI=1S/C10H11BrClNO4S2/c11-9-7(12)4-8(18-9)19(16,17)13-6-2-1-5(3-6)10(14)15/h4-6,13H,1-3H2,(H,14,15). The highest BCUT2D eigenvalue weighted by Crippen LogP contribution is 2.35. The van der Waals surface area contributed by atoms with Crippen LogP contribution in [0.5, 0.6) is 0 Å². The summed E-state index contributed by atoms with van der Waals surface area (Å²) < 4.78 is 27.4. The van der Waals surface area contributed by atoms with E-state index in [0.29, 0.717) is 28.1 Å². The zero-order chi connectivity index (χ0) is 14.2. The number of aliphatic carboxylic acids is 1. The van der Waals surface area contributed by atoms with E-state index in [4.69, 9.17) is 16.7 Å². The summed E-state index contributed by atoms with van der Waals surface area (Å²) in [5.41, 5.74) is 0. The van der Waals surface area contributed by atoms with Crippen molar-refractivity contribution < 1.29 is 18.3 Å². The fourth-order valence-corrected chi connectivity index (χ4v) is 5.75. The average Bonchev–Trinajstić information content (AvgIpc) is 2.87. The van der Waals surface area contributed by atoms with Crippen molar-refractivity contribution in [2.45, 2.75) is 29.5 Å². The average molecular weight is 389 g/mol. The summed E-state index contributed by atoms with van der Waals surface area (Å²) in [4.78, 5) is 10.8. The van der Waals surface area contributed by atoms with Gasteiger partial charge in [-0.2, -0.15) is 0 Å². The molecule has 1 aromatic heterocycles. The van der Waals surface area contributed by atoms with Crippen LogP contribution in [0.1, 0.15) is 19.3 Å². The van der Waals surface area contributed by atoms with Gasteiger partial charge in [0.1, 0.15) is 4.21 Å². The highest BCUT2D eigenvalue weighted by atomic mass is 79.9. The third-order valence-corrected chi connectivity index (χ3v) is 7.46. The molecule has 0 saturated heterocycles. The molecule has 0 spiro atoms. The number of carbonyl (C=O) groups is 1. The van der Waals surface area contributed by atoms with Crippen molar-refractivity contribution in [2.75, 3.05) is 0 Å². The zero-order valence-electron chi connectivity index (χ0n) is 9.60. The summed E-state index contributed by atoms with van der Waals surface area (Å²) in [5, 5.41) is 9.23. The Hall–Kier alpha value is -0.150. The molecule has 1 fully saturated rings. The van der Waals surface area contributed by atoms with Crippen molar-refractivity contribution in [1.82, 2.24) is 4.72 Å². The lowest BCUT2D eigenvalue weighted by molar-refractivity contribution is -0.141. The molecule has 2 rings (SSSR count). The van der Waals surface area contributed by atoms with Gasteiger partial charge in [0.15, 0.2) is 0 Å². The minimum absolute atomic E-state index is 0.128. The topological polar surface area (TPSA) is 83.5 Å². The molecule has 106 valence electrons. The van der Waals surface area contributed by atoms with Crippen LogP contribution in [-0.2, 0) is 14.8 Å². The molecule has 0 radical (unpaired) electrons. The number of halogens is 2. The molecule has 5 nitrogen and oxygen atoms in total. The molecule has 1 aliphatic rings. The van der Waals surface area contributed by atoms with Crippen molar-refractivity contribution in [3.05, 3.63) is 14.9 Å². The highest BCUT2D eigenvalue weighted by molar-refractivity contribution is 9.11. The molecule has 0 aromatic carbocycles. The first kappa shape index (κ1) is 15.2. The lowest BCUT2D eigenvalue weighted by Crippen LogP contribution is -2.32. The van der Waals surface area contributed by atoms with E-state index in [1.165, 1.54) is 6.07 Å². The van der Waals surface area contributed by atoms with E-state index < -0.39 is 21.9 Å². The van der Waals surface area contributed by atoms with Gasteiger partial charge in [0.2, 0.25) is 10.0 Å². The number of sulfonamides is 1. The molecule has 1 aliphatic carbocycles. The van der Waals surface area contributed by atoms with E-state index in [1.807, 2.05) is 0 Å². The summed E-state index contributed by atoms with van der Waals surface area (Å²) in [6.07, 6.45) is 1.36. The van der Waals surface area contributed by atoms with Crippen molar-refractivity contribution in [3.63, 3.8) is 0 Å². The van der Waals surface area contributed by atoms with Crippen LogP contribution in [0.3, 0.4) is 0 Å². The predicted molar refractivity (Wildman–Crippen MR) is 76.1 cm³/mol. The van der Waals surface area contributed by atoms with Crippen molar-refractivity contribution in [1.29, 1.82) is 0 Å². The third-order valence-electron chi connectivity index (χ3n) is 2.99. The second kappa shape index (κ2) is 5.69. The molecule has 1 aromatic rings. The van der Waals surface area contributed by atoms with Crippen molar-refractivity contribution in [2.24, 2.45) is 5.92 Å². The second-order valence-corrected chi connectivity index (χ2v) is 9.07. The van der Waals surface area contributed by atoms with Gasteiger partial charge < -0.3 is 5.11 Å². The summed E-state index contributed by atoms with van der Waals surface area (Å²) in [6, 6.07) is 1.05. The number of thiophene rings is 1. The number of carboxylic acids is 1. The zero-order valence-corrected chi connectivity index (χ0v) is 13.6. The first-order valence-corrected chi connectivity index (χ1v) is 8.96. The van der Waals surface area contributed by atoms with Gasteiger partial charge in [-0.25, -0.2) is 13.1 Å². The van der Waals surface area contributed by atoms with Gasteiger partial charge >= 0.3 is 5.97 Å². The van der Waals surface area contributed by atoms with Gasteiger partial charge in [0.05, 0.1) is 14.7 Å².